The molecule has 5 nitrogen and oxygen atoms in total. The third-order valence-corrected chi connectivity index (χ3v) is 6.38. The Bertz CT molecular complexity index is 860. The fourth-order valence-corrected chi connectivity index (χ4v) is 4.79. The third kappa shape index (κ3) is 4.27. The standard InChI is InChI=1S/C17H20F3N3O2S/c1-22-10-8-16(21-22)14-3-2-9-23(11-14)26(24,25)12-13-4-6-15(7-5-13)17(18,19)20/h4-8,10,14H,2-3,9,11-12H2,1H3/t14-/m1/s1. The minimum absolute atomic E-state index is 0.0346. The van der Waals surface area contributed by atoms with Crippen LogP contribution in [0.3, 0.4) is 0 Å². The largest absolute Gasteiger partial charge is 0.416 e. The lowest BCUT2D eigenvalue weighted by molar-refractivity contribution is -0.137. The Kier molecular flexibility index (Phi) is 5.12. The molecule has 0 amide bonds. The van der Waals surface area contributed by atoms with Crippen LogP contribution >= 0.6 is 0 Å². The molecule has 1 aromatic carbocycles. The van der Waals surface area contributed by atoms with Crippen molar-refractivity contribution in [3.8, 4) is 0 Å². The predicted molar refractivity (Wildman–Crippen MR) is 90.8 cm³/mol. The van der Waals surface area contributed by atoms with Gasteiger partial charge in [0.25, 0.3) is 0 Å². The van der Waals surface area contributed by atoms with Gasteiger partial charge in [0, 0.05) is 32.3 Å². The van der Waals surface area contributed by atoms with Crippen molar-refractivity contribution in [2.45, 2.75) is 30.7 Å². The number of nitrogens with zero attached hydrogens (tertiary/aromatic N) is 3. The number of halogens is 3. The van der Waals surface area contributed by atoms with E-state index in [0.29, 0.717) is 18.7 Å². The fourth-order valence-electron chi connectivity index (χ4n) is 3.18. The minimum atomic E-state index is -4.43. The summed E-state index contributed by atoms with van der Waals surface area (Å²) in [6.45, 7) is 0.770. The highest BCUT2D eigenvalue weighted by Crippen LogP contribution is 2.30. The van der Waals surface area contributed by atoms with Crippen LogP contribution in [0.25, 0.3) is 0 Å². The molecule has 1 fully saturated rings. The minimum Gasteiger partial charge on any atom is -0.276 e. The number of aromatic nitrogens is 2. The monoisotopic (exact) mass is 387 g/mol. The Morgan fingerprint density at radius 2 is 1.88 bits per heavy atom. The molecule has 1 aliphatic heterocycles. The molecule has 26 heavy (non-hydrogen) atoms. The Morgan fingerprint density at radius 3 is 2.46 bits per heavy atom. The van der Waals surface area contributed by atoms with Crippen molar-refractivity contribution < 1.29 is 21.6 Å². The lowest BCUT2D eigenvalue weighted by atomic mass is 9.96. The Balaban J connectivity index is 1.71. The molecule has 0 bridgehead atoms. The molecule has 0 unspecified atom stereocenters. The average molecular weight is 387 g/mol. The smallest absolute Gasteiger partial charge is 0.276 e. The summed E-state index contributed by atoms with van der Waals surface area (Å²) in [6, 6.07) is 6.16. The third-order valence-electron chi connectivity index (χ3n) is 4.56. The number of hydrogen-bond donors (Lipinski definition) is 0. The highest BCUT2D eigenvalue weighted by molar-refractivity contribution is 7.88. The van der Waals surface area contributed by atoms with E-state index in [4.69, 9.17) is 0 Å². The Labute approximate surface area is 150 Å². The van der Waals surface area contributed by atoms with E-state index in [2.05, 4.69) is 5.10 Å². The maximum atomic E-state index is 12.7. The number of rotatable bonds is 4. The quantitative estimate of drug-likeness (QED) is 0.810. The second kappa shape index (κ2) is 7.03. The lowest BCUT2D eigenvalue weighted by Crippen LogP contribution is -2.39. The van der Waals surface area contributed by atoms with Crippen LogP contribution in [0.4, 0.5) is 13.2 Å². The van der Waals surface area contributed by atoms with E-state index in [9.17, 15) is 21.6 Å². The Morgan fingerprint density at radius 1 is 1.19 bits per heavy atom. The van der Waals surface area contributed by atoms with Gasteiger partial charge < -0.3 is 0 Å². The first-order chi connectivity index (χ1) is 12.1. The topological polar surface area (TPSA) is 55.2 Å². The van der Waals surface area contributed by atoms with Gasteiger partial charge in [0.1, 0.15) is 0 Å². The second-order valence-corrected chi connectivity index (χ2v) is 8.53. The summed E-state index contributed by atoms with van der Waals surface area (Å²) in [4.78, 5) is 0. The van der Waals surface area contributed by atoms with Gasteiger partial charge in [-0.05, 0) is 36.6 Å². The van der Waals surface area contributed by atoms with Crippen molar-refractivity contribution in [3.63, 3.8) is 0 Å². The SMILES string of the molecule is Cn1ccc([C@@H]2CCCN(S(=O)(=O)Cc3ccc(C(F)(F)F)cc3)C2)n1. The van der Waals surface area contributed by atoms with Crippen LogP contribution in [0.5, 0.6) is 0 Å². The van der Waals surface area contributed by atoms with Gasteiger partial charge in [-0.2, -0.15) is 18.3 Å². The van der Waals surface area contributed by atoms with Crippen LogP contribution in [0.1, 0.15) is 35.6 Å². The molecule has 1 saturated heterocycles. The zero-order valence-corrected chi connectivity index (χ0v) is 15.1. The summed E-state index contributed by atoms with van der Waals surface area (Å²) >= 11 is 0. The number of benzene rings is 1. The molecule has 2 heterocycles. The van der Waals surface area contributed by atoms with Crippen molar-refractivity contribution in [2.75, 3.05) is 13.1 Å². The molecule has 0 spiro atoms. The van der Waals surface area contributed by atoms with Crippen LogP contribution in [0.15, 0.2) is 36.5 Å². The van der Waals surface area contributed by atoms with Gasteiger partial charge in [0.05, 0.1) is 17.0 Å². The van der Waals surface area contributed by atoms with E-state index in [1.54, 1.807) is 4.68 Å². The van der Waals surface area contributed by atoms with Gasteiger partial charge in [0.2, 0.25) is 10.0 Å². The van der Waals surface area contributed by atoms with Crippen LogP contribution in [-0.2, 0) is 29.0 Å². The fraction of sp³-hybridized carbons (Fsp3) is 0.471. The molecule has 0 N–H and O–H groups in total. The molecule has 1 aromatic heterocycles. The summed E-state index contributed by atoms with van der Waals surface area (Å²) in [5, 5.41) is 4.36. The van der Waals surface area contributed by atoms with Gasteiger partial charge in [-0.1, -0.05) is 12.1 Å². The molecule has 0 aliphatic carbocycles. The first kappa shape index (κ1) is 18.9. The summed E-state index contributed by atoms with van der Waals surface area (Å²) in [5.74, 6) is -0.271. The molecule has 3 rings (SSSR count). The lowest BCUT2D eigenvalue weighted by Gasteiger charge is -2.31. The second-order valence-electron chi connectivity index (χ2n) is 6.56. The average Bonchev–Trinajstić information content (AvgIpc) is 3.01. The summed E-state index contributed by atoms with van der Waals surface area (Å²) in [7, 11) is -1.79. The Hall–Kier alpha value is -1.87. The van der Waals surface area contributed by atoms with Gasteiger partial charge >= 0.3 is 6.18 Å². The maximum absolute atomic E-state index is 12.7. The highest BCUT2D eigenvalue weighted by atomic mass is 32.2. The van der Waals surface area contributed by atoms with E-state index >= 15 is 0 Å². The predicted octanol–water partition coefficient (Wildman–Crippen LogP) is 3.15. The number of sulfonamides is 1. The van der Waals surface area contributed by atoms with Crippen LogP contribution in [0.2, 0.25) is 0 Å². The molecule has 2 aromatic rings. The number of piperidine rings is 1. The molecule has 9 heteroatoms. The molecule has 0 radical (unpaired) electrons. The number of aryl methyl sites for hydroxylation is 1. The van der Waals surface area contributed by atoms with E-state index in [1.165, 1.54) is 16.4 Å². The molecule has 1 aliphatic rings. The first-order valence-electron chi connectivity index (χ1n) is 8.29. The van der Waals surface area contributed by atoms with E-state index in [1.807, 2.05) is 19.3 Å². The highest BCUT2D eigenvalue weighted by Gasteiger charge is 2.32. The zero-order valence-electron chi connectivity index (χ0n) is 14.3. The molecule has 1 atom stereocenters. The summed E-state index contributed by atoms with van der Waals surface area (Å²) in [6.07, 6.45) is -1.01. The first-order valence-corrected chi connectivity index (χ1v) is 9.89. The zero-order chi connectivity index (χ0) is 18.9. The van der Waals surface area contributed by atoms with E-state index < -0.39 is 21.8 Å². The van der Waals surface area contributed by atoms with E-state index in [0.717, 1.165) is 30.7 Å². The molecular weight excluding hydrogens is 367 g/mol. The van der Waals surface area contributed by atoms with Gasteiger partial charge in [-0.25, -0.2) is 12.7 Å². The van der Waals surface area contributed by atoms with Crippen molar-refractivity contribution in [1.29, 1.82) is 0 Å². The van der Waals surface area contributed by atoms with Crippen molar-refractivity contribution >= 4 is 10.0 Å². The number of alkyl halides is 3. The summed E-state index contributed by atoms with van der Waals surface area (Å²) in [5.41, 5.74) is 0.423. The molecule has 142 valence electrons. The maximum Gasteiger partial charge on any atom is 0.416 e. The molecule has 0 saturated carbocycles. The van der Waals surface area contributed by atoms with Crippen molar-refractivity contribution in [2.24, 2.45) is 7.05 Å². The van der Waals surface area contributed by atoms with Gasteiger partial charge in [0.15, 0.2) is 0 Å². The number of hydrogen-bond acceptors (Lipinski definition) is 3. The van der Waals surface area contributed by atoms with Crippen LogP contribution < -0.4 is 0 Å². The summed E-state index contributed by atoms with van der Waals surface area (Å²) < 4.78 is 66.4. The van der Waals surface area contributed by atoms with Crippen molar-refractivity contribution in [3.05, 3.63) is 53.3 Å². The normalized spacial score (nSPS) is 19.6. The van der Waals surface area contributed by atoms with Crippen LogP contribution in [0, 0.1) is 0 Å². The van der Waals surface area contributed by atoms with E-state index in [-0.39, 0.29) is 11.7 Å². The van der Waals surface area contributed by atoms with Gasteiger partial charge in [-0.3, -0.25) is 4.68 Å². The molecular formula is C17H20F3N3O2S. The van der Waals surface area contributed by atoms with Crippen molar-refractivity contribution in [1.82, 2.24) is 14.1 Å². The van der Waals surface area contributed by atoms with Crippen LogP contribution in [-0.4, -0.2) is 35.6 Å². The van der Waals surface area contributed by atoms with Gasteiger partial charge in [-0.15, -0.1) is 0 Å².